The average Bonchev–Trinajstić information content (AvgIpc) is 3.08. The Hall–Kier alpha value is -2.96. The van der Waals surface area contributed by atoms with E-state index in [0.29, 0.717) is 22.8 Å². The van der Waals surface area contributed by atoms with Gasteiger partial charge in [0, 0.05) is 5.56 Å². The molecule has 1 heterocycles. The highest BCUT2D eigenvalue weighted by Crippen LogP contribution is 2.38. The van der Waals surface area contributed by atoms with E-state index in [1.54, 1.807) is 24.3 Å². The van der Waals surface area contributed by atoms with Gasteiger partial charge in [0.15, 0.2) is 17.3 Å². The van der Waals surface area contributed by atoms with Crippen LogP contribution in [0.25, 0.3) is 0 Å². The number of hydrogen-bond acceptors (Lipinski definition) is 6. The molecule has 2 rings (SSSR count). The number of nitrogens with zero attached hydrogens (tertiary/aromatic N) is 1. The molecule has 0 saturated carbocycles. The van der Waals surface area contributed by atoms with Crippen LogP contribution in [0.4, 0.5) is 0 Å². The van der Waals surface area contributed by atoms with Crippen molar-refractivity contribution < 1.29 is 23.4 Å². The summed E-state index contributed by atoms with van der Waals surface area (Å²) in [6.07, 6.45) is 2.86. The molecule has 0 spiro atoms. The van der Waals surface area contributed by atoms with Crippen molar-refractivity contribution in [1.29, 1.82) is 0 Å². The molecule has 7 nitrogen and oxygen atoms in total. The normalized spacial score (nSPS) is 10.5. The first kappa shape index (κ1) is 15.4. The molecule has 0 aliphatic heterocycles. The molecule has 1 aromatic heterocycles. The summed E-state index contributed by atoms with van der Waals surface area (Å²) in [5.74, 6) is 1.18. The van der Waals surface area contributed by atoms with Crippen LogP contribution >= 0.6 is 0 Å². The van der Waals surface area contributed by atoms with Crippen LogP contribution in [-0.4, -0.2) is 33.5 Å². The smallest absolute Gasteiger partial charge is 0.307 e. The molecule has 116 valence electrons. The Kier molecular flexibility index (Phi) is 5.02. The molecule has 0 bridgehead atoms. The van der Waals surface area contributed by atoms with Gasteiger partial charge < -0.3 is 18.6 Å². The summed E-state index contributed by atoms with van der Waals surface area (Å²) in [5, 5.41) is 3.88. The molecule has 1 amide bonds. The van der Waals surface area contributed by atoms with Gasteiger partial charge in [-0.1, -0.05) is 0 Å². The summed E-state index contributed by atoms with van der Waals surface area (Å²) >= 11 is 0. The number of methoxy groups -OCH3 is 3. The quantitative estimate of drug-likeness (QED) is 0.652. The maximum absolute atomic E-state index is 11.7. The molecule has 0 unspecified atom stereocenters. The summed E-state index contributed by atoms with van der Waals surface area (Å²) in [5.41, 5.74) is 2.98. The van der Waals surface area contributed by atoms with Gasteiger partial charge in [-0.2, -0.15) is 5.10 Å². The minimum absolute atomic E-state index is 0.177. The molecule has 2 aromatic rings. The van der Waals surface area contributed by atoms with Crippen molar-refractivity contribution in [3.63, 3.8) is 0 Å². The van der Waals surface area contributed by atoms with Crippen LogP contribution in [0, 0.1) is 0 Å². The van der Waals surface area contributed by atoms with Gasteiger partial charge in [-0.3, -0.25) is 4.79 Å². The zero-order chi connectivity index (χ0) is 15.9. The lowest BCUT2D eigenvalue weighted by Gasteiger charge is -2.13. The van der Waals surface area contributed by atoms with Crippen molar-refractivity contribution in [2.75, 3.05) is 21.3 Å². The van der Waals surface area contributed by atoms with E-state index in [0.717, 1.165) is 0 Å². The van der Waals surface area contributed by atoms with Gasteiger partial charge in [-0.25, -0.2) is 5.43 Å². The van der Waals surface area contributed by atoms with Gasteiger partial charge in [-0.05, 0) is 24.3 Å². The molecule has 0 radical (unpaired) electrons. The average molecular weight is 304 g/mol. The van der Waals surface area contributed by atoms with Crippen LogP contribution in [0.5, 0.6) is 17.2 Å². The number of furan rings is 1. The zero-order valence-corrected chi connectivity index (χ0v) is 12.5. The maximum Gasteiger partial charge on any atom is 0.307 e. The fourth-order valence-corrected chi connectivity index (χ4v) is 1.85. The third-order valence-electron chi connectivity index (χ3n) is 2.85. The second-order valence-electron chi connectivity index (χ2n) is 4.10. The third kappa shape index (κ3) is 3.20. The minimum atomic E-state index is -0.444. The fourth-order valence-electron chi connectivity index (χ4n) is 1.85. The maximum atomic E-state index is 11.7. The van der Waals surface area contributed by atoms with E-state index < -0.39 is 5.91 Å². The summed E-state index contributed by atoms with van der Waals surface area (Å²) in [7, 11) is 4.56. The Bertz CT molecular complexity index is 665. The van der Waals surface area contributed by atoms with Crippen molar-refractivity contribution in [2.24, 2.45) is 5.10 Å². The second kappa shape index (κ2) is 7.16. The Morgan fingerprint density at radius 1 is 1.14 bits per heavy atom. The molecule has 0 fully saturated rings. The van der Waals surface area contributed by atoms with E-state index in [1.165, 1.54) is 33.8 Å². The van der Waals surface area contributed by atoms with Gasteiger partial charge in [-0.15, -0.1) is 0 Å². The molecule has 22 heavy (non-hydrogen) atoms. The van der Waals surface area contributed by atoms with E-state index in [2.05, 4.69) is 10.5 Å². The van der Waals surface area contributed by atoms with Gasteiger partial charge in [0.1, 0.15) is 0 Å². The number of benzene rings is 1. The predicted octanol–water partition coefficient (Wildman–Crippen LogP) is 2.07. The molecular weight excluding hydrogens is 288 g/mol. The van der Waals surface area contributed by atoms with Gasteiger partial charge in [0.25, 0.3) is 0 Å². The number of hydrazone groups is 1. The first-order valence-electron chi connectivity index (χ1n) is 6.37. The first-order chi connectivity index (χ1) is 10.7. The van der Waals surface area contributed by atoms with Crippen LogP contribution in [-0.2, 0) is 0 Å². The van der Waals surface area contributed by atoms with Crippen molar-refractivity contribution in [3.8, 4) is 17.2 Å². The van der Waals surface area contributed by atoms with Crippen molar-refractivity contribution >= 4 is 12.1 Å². The van der Waals surface area contributed by atoms with Crippen LogP contribution in [0.2, 0.25) is 0 Å². The van der Waals surface area contributed by atoms with Crippen molar-refractivity contribution in [2.45, 2.75) is 0 Å². The van der Waals surface area contributed by atoms with E-state index in [9.17, 15) is 4.79 Å². The number of ether oxygens (including phenoxy) is 3. The number of carbonyl (C=O) groups is 1. The lowest BCUT2D eigenvalue weighted by atomic mass is 10.2. The van der Waals surface area contributed by atoms with Gasteiger partial charge >= 0.3 is 5.91 Å². The van der Waals surface area contributed by atoms with Crippen molar-refractivity contribution in [1.82, 2.24) is 5.43 Å². The van der Waals surface area contributed by atoms with E-state index in [-0.39, 0.29) is 5.76 Å². The summed E-state index contributed by atoms with van der Waals surface area (Å²) in [6, 6.07) is 6.62. The topological polar surface area (TPSA) is 82.3 Å². The summed E-state index contributed by atoms with van der Waals surface area (Å²) < 4.78 is 20.7. The first-order valence-corrected chi connectivity index (χ1v) is 6.37. The molecule has 0 atom stereocenters. The number of carbonyl (C=O) groups excluding carboxylic acids is 1. The number of nitrogens with one attached hydrogen (secondary N) is 1. The molecule has 0 saturated heterocycles. The largest absolute Gasteiger partial charge is 0.493 e. The Morgan fingerprint density at radius 2 is 1.91 bits per heavy atom. The Morgan fingerprint density at radius 3 is 2.50 bits per heavy atom. The molecule has 1 N–H and O–H groups in total. The fraction of sp³-hybridized carbons (Fsp3) is 0.200. The van der Waals surface area contributed by atoms with Crippen LogP contribution in [0.1, 0.15) is 16.1 Å². The van der Waals surface area contributed by atoms with Crippen molar-refractivity contribution in [3.05, 3.63) is 41.9 Å². The van der Waals surface area contributed by atoms with E-state index in [4.69, 9.17) is 18.6 Å². The number of amides is 1. The standard InChI is InChI=1S/C15H16N2O5/c1-19-11-7-6-10(13(20-2)14(11)21-3)9-16-17-15(18)12-5-4-8-22-12/h4-9H,1-3H3,(H,17,18). The molecule has 0 aliphatic carbocycles. The molecule has 0 aliphatic rings. The third-order valence-corrected chi connectivity index (χ3v) is 2.85. The molecule has 1 aromatic carbocycles. The second-order valence-corrected chi connectivity index (χ2v) is 4.10. The summed E-state index contributed by atoms with van der Waals surface area (Å²) in [4.78, 5) is 11.7. The highest BCUT2D eigenvalue weighted by Gasteiger charge is 2.14. The minimum Gasteiger partial charge on any atom is -0.493 e. The van der Waals surface area contributed by atoms with E-state index >= 15 is 0 Å². The highest BCUT2D eigenvalue weighted by atomic mass is 16.5. The van der Waals surface area contributed by atoms with Crippen LogP contribution < -0.4 is 19.6 Å². The Balaban J connectivity index is 2.18. The summed E-state index contributed by atoms with van der Waals surface area (Å²) in [6.45, 7) is 0. The van der Waals surface area contributed by atoms with Gasteiger partial charge in [0.05, 0.1) is 33.8 Å². The highest BCUT2D eigenvalue weighted by molar-refractivity contribution is 5.93. The lowest BCUT2D eigenvalue weighted by Crippen LogP contribution is -2.16. The van der Waals surface area contributed by atoms with E-state index in [1.807, 2.05) is 0 Å². The SMILES string of the molecule is COc1ccc(C=NNC(=O)c2ccco2)c(OC)c1OC. The van der Waals surface area contributed by atoms with Crippen LogP contribution in [0.15, 0.2) is 40.0 Å². The molecule has 7 heteroatoms. The lowest BCUT2D eigenvalue weighted by molar-refractivity contribution is 0.0927. The Labute approximate surface area is 127 Å². The van der Waals surface area contributed by atoms with Gasteiger partial charge in [0.2, 0.25) is 5.75 Å². The zero-order valence-electron chi connectivity index (χ0n) is 12.5. The monoisotopic (exact) mass is 304 g/mol. The number of hydrogen-bond donors (Lipinski definition) is 1. The molecular formula is C15H16N2O5. The number of rotatable bonds is 6. The van der Waals surface area contributed by atoms with Crippen LogP contribution in [0.3, 0.4) is 0 Å². The predicted molar refractivity (Wildman–Crippen MR) is 79.9 cm³/mol.